The Morgan fingerprint density at radius 1 is 0.611 bits per heavy atom. The highest BCUT2D eigenvalue weighted by Gasteiger charge is 2.09. The lowest BCUT2D eigenvalue weighted by atomic mass is 10.1. The third kappa shape index (κ3) is 12.4. The van der Waals surface area contributed by atoms with Crippen LogP contribution in [-0.4, -0.2) is 24.5 Å². The van der Waals surface area contributed by atoms with Crippen LogP contribution in [0.3, 0.4) is 0 Å². The second-order valence-electron chi connectivity index (χ2n) is 5.67. The smallest absolute Gasteiger partial charge is 0.00183 e. The predicted molar refractivity (Wildman–Crippen MR) is 84.2 cm³/mol. The Balaban J connectivity index is 0.000000321. The summed E-state index contributed by atoms with van der Waals surface area (Å²) < 4.78 is 0. The van der Waals surface area contributed by atoms with Gasteiger partial charge in [0.1, 0.15) is 0 Å². The number of hydrogen-bond donors (Lipinski definition) is 0. The summed E-state index contributed by atoms with van der Waals surface area (Å²) in [5, 5.41) is 0. The lowest BCUT2D eigenvalue weighted by Crippen LogP contribution is -2.19. The highest BCUT2D eigenvalue weighted by molar-refractivity contribution is 4.64. The lowest BCUT2D eigenvalue weighted by Gasteiger charge is -2.12. The zero-order chi connectivity index (χ0) is 13.5. The molecular weight excluding hydrogens is 218 g/mol. The maximum Gasteiger partial charge on any atom is -0.00183 e. The summed E-state index contributed by atoms with van der Waals surface area (Å²) in [5.74, 6) is 0. The largest absolute Gasteiger partial charge is 0.303 e. The molecule has 1 fully saturated rings. The molecule has 0 radical (unpaired) electrons. The average molecular weight is 255 g/mol. The zero-order valence-corrected chi connectivity index (χ0v) is 13.3. The van der Waals surface area contributed by atoms with Crippen molar-refractivity contribution in [3.8, 4) is 0 Å². The summed E-state index contributed by atoms with van der Waals surface area (Å²) in [6.07, 6.45) is 15.6. The van der Waals surface area contributed by atoms with Crippen molar-refractivity contribution in [1.82, 2.24) is 4.90 Å². The molecule has 1 aliphatic rings. The molecule has 0 spiro atoms. The van der Waals surface area contributed by atoms with Gasteiger partial charge in [0.05, 0.1) is 0 Å². The van der Waals surface area contributed by atoms with E-state index in [1.165, 1.54) is 90.3 Å². The molecule has 1 aliphatic heterocycles. The van der Waals surface area contributed by atoms with Crippen molar-refractivity contribution < 1.29 is 0 Å². The number of hydrogen-bond acceptors (Lipinski definition) is 1. The van der Waals surface area contributed by atoms with Gasteiger partial charge in [-0.3, -0.25) is 0 Å². The molecular formula is C17H37N. The van der Waals surface area contributed by atoms with Crippen LogP contribution in [0.2, 0.25) is 0 Å². The molecule has 0 aliphatic carbocycles. The molecule has 0 saturated carbocycles. The van der Waals surface area contributed by atoms with E-state index < -0.39 is 0 Å². The molecule has 0 aromatic carbocycles. The third-order valence-electron chi connectivity index (χ3n) is 3.73. The van der Waals surface area contributed by atoms with Gasteiger partial charge in [0.25, 0.3) is 0 Å². The van der Waals surface area contributed by atoms with Gasteiger partial charge in [-0.25, -0.2) is 0 Å². The van der Waals surface area contributed by atoms with Crippen LogP contribution in [0.25, 0.3) is 0 Å². The molecule has 0 aromatic heterocycles. The summed E-state index contributed by atoms with van der Waals surface area (Å²) in [5.41, 5.74) is 0. The van der Waals surface area contributed by atoms with Gasteiger partial charge < -0.3 is 4.90 Å². The Labute approximate surface area is 116 Å². The van der Waals surface area contributed by atoms with E-state index >= 15 is 0 Å². The van der Waals surface area contributed by atoms with Crippen molar-refractivity contribution in [3.63, 3.8) is 0 Å². The molecule has 0 unspecified atom stereocenters. The second-order valence-corrected chi connectivity index (χ2v) is 5.67. The van der Waals surface area contributed by atoms with E-state index in [0.29, 0.717) is 0 Å². The van der Waals surface area contributed by atoms with Gasteiger partial charge in [0.15, 0.2) is 0 Å². The van der Waals surface area contributed by atoms with Crippen LogP contribution in [0.15, 0.2) is 0 Å². The molecule has 0 amide bonds. The fourth-order valence-electron chi connectivity index (χ4n) is 2.42. The molecule has 1 rings (SSSR count). The molecule has 110 valence electrons. The van der Waals surface area contributed by atoms with Crippen LogP contribution in [0.1, 0.15) is 91.4 Å². The first-order valence-corrected chi connectivity index (χ1v) is 8.57. The number of unbranched alkanes of at least 4 members (excludes halogenated alkanes) is 7. The summed E-state index contributed by atoms with van der Waals surface area (Å²) >= 11 is 0. The van der Waals surface area contributed by atoms with Crippen molar-refractivity contribution in [2.75, 3.05) is 19.6 Å². The van der Waals surface area contributed by atoms with Crippen LogP contribution < -0.4 is 0 Å². The SMILES string of the molecule is CCCCCCCCC.CCCCN1CCCC1. The molecule has 1 heteroatoms. The number of rotatable bonds is 9. The van der Waals surface area contributed by atoms with E-state index in [2.05, 4.69) is 25.7 Å². The molecule has 1 nitrogen and oxygen atoms in total. The Bertz CT molecular complexity index is 133. The van der Waals surface area contributed by atoms with Gasteiger partial charge in [0.2, 0.25) is 0 Å². The number of nitrogens with zero attached hydrogens (tertiary/aromatic N) is 1. The normalized spacial score (nSPS) is 15.5. The average Bonchev–Trinajstić information content (AvgIpc) is 2.90. The van der Waals surface area contributed by atoms with E-state index in [-0.39, 0.29) is 0 Å². The first-order chi connectivity index (χ1) is 8.85. The van der Waals surface area contributed by atoms with E-state index in [9.17, 15) is 0 Å². The standard InChI is InChI=1S/C9H20.C8H17N/c1-3-5-7-9-8-6-4-2;1-2-3-6-9-7-4-5-8-9/h3-9H2,1-2H3;2-8H2,1H3. The molecule has 0 N–H and O–H groups in total. The Hall–Kier alpha value is -0.0400. The molecule has 0 bridgehead atoms. The van der Waals surface area contributed by atoms with Crippen LogP contribution in [-0.2, 0) is 0 Å². The quantitative estimate of drug-likeness (QED) is 0.482. The molecule has 0 atom stereocenters. The van der Waals surface area contributed by atoms with E-state index in [1.807, 2.05) is 0 Å². The van der Waals surface area contributed by atoms with Gasteiger partial charge in [-0.05, 0) is 38.9 Å². The van der Waals surface area contributed by atoms with Crippen LogP contribution in [0.4, 0.5) is 0 Å². The third-order valence-corrected chi connectivity index (χ3v) is 3.73. The molecule has 0 aromatic rings. The van der Waals surface area contributed by atoms with Gasteiger partial charge >= 0.3 is 0 Å². The summed E-state index contributed by atoms with van der Waals surface area (Å²) in [6, 6.07) is 0. The second kappa shape index (κ2) is 15.0. The van der Waals surface area contributed by atoms with Crippen molar-refractivity contribution in [2.45, 2.75) is 91.4 Å². The van der Waals surface area contributed by atoms with E-state index in [4.69, 9.17) is 0 Å². The fourth-order valence-corrected chi connectivity index (χ4v) is 2.42. The maximum atomic E-state index is 2.57. The molecule has 18 heavy (non-hydrogen) atoms. The predicted octanol–water partition coefficient (Wildman–Crippen LogP) is 5.64. The summed E-state index contributed by atoms with van der Waals surface area (Å²) in [6.45, 7) is 10.9. The van der Waals surface area contributed by atoms with Gasteiger partial charge in [-0.2, -0.15) is 0 Å². The molecule has 1 saturated heterocycles. The monoisotopic (exact) mass is 255 g/mol. The van der Waals surface area contributed by atoms with Crippen LogP contribution >= 0.6 is 0 Å². The van der Waals surface area contributed by atoms with Crippen molar-refractivity contribution in [3.05, 3.63) is 0 Å². The summed E-state index contributed by atoms with van der Waals surface area (Å²) in [4.78, 5) is 2.57. The van der Waals surface area contributed by atoms with E-state index in [1.54, 1.807) is 0 Å². The lowest BCUT2D eigenvalue weighted by molar-refractivity contribution is 0.332. The Morgan fingerprint density at radius 2 is 1.06 bits per heavy atom. The highest BCUT2D eigenvalue weighted by Crippen LogP contribution is 2.07. The maximum absolute atomic E-state index is 2.57. The highest BCUT2D eigenvalue weighted by atomic mass is 15.1. The van der Waals surface area contributed by atoms with Crippen molar-refractivity contribution >= 4 is 0 Å². The van der Waals surface area contributed by atoms with Gasteiger partial charge in [0, 0.05) is 0 Å². The summed E-state index contributed by atoms with van der Waals surface area (Å²) in [7, 11) is 0. The minimum Gasteiger partial charge on any atom is -0.303 e. The van der Waals surface area contributed by atoms with Crippen molar-refractivity contribution in [1.29, 1.82) is 0 Å². The first-order valence-electron chi connectivity index (χ1n) is 8.57. The molecule has 1 heterocycles. The van der Waals surface area contributed by atoms with Gasteiger partial charge in [-0.15, -0.1) is 0 Å². The minimum absolute atomic E-state index is 1.34. The van der Waals surface area contributed by atoms with Crippen LogP contribution in [0, 0.1) is 0 Å². The van der Waals surface area contributed by atoms with Crippen molar-refractivity contribution in [2.24, 2.45) is 0 Å². The first kappa shape index (κ1) is 18.0. The van der Waals surface area contributed by atoms with Crippen LogP contribution in [0.5, 0.6) is 0 Å². The minimum atomic E-state index is 1.34. The zero-order valence-electron chi connectivity index (χ0n) is 13.3. The fraction of sp³-hybridized carbons (Fsp3) is 1.00. The topological polar surface area (TPSA) is 3.24 Å². The van der Waals surface area contributed by atoms with Gasteiger partial charge in [-0.1, -0.05) is 72.1 Å². The Morgan fingerprint density at radius 3 is 1.50 bits per heavy atom. The van der Waals surface area contributed by atoms with E-state index in [0.717, 1.165) is 0 Å². The number of likely N-dealkylation sites (tertiary alicyclic amines) is 1. The Kier molecular flexibility index (Phi) is 15.0.